The first-order valence-electron chi connectivity index (χ1n) is 9.85. The Labute approximate surface area is 164 Å². The molecule has 3 aromatic rings. The molecule has 3 atom stereocenters. The minimum Gasteiger partial charge on any atom is -0.488 e. The van der Waals surface area contributed by atoms with E-state index in [0.29, 0.717) is 6.61 Å². The molecular weight excluding hydrogens is 352 g/mol. The molecule has 5 rings (SSSR count). The highest BCUT2D eigenvalue weighted by Crippen LogP contribution is 2.44. The van der Waals surface area contributed by atoms with E-state index in [-0.39, 0.29) is 18.1 Å². The third-order valence-corrected chi connectivity index (χ3v) is 5.67. The molecule has 28 heavy (non-hydrogen) atoms. The number of aromatic nitrogens is 2. The number of benzene rings is 2. The van der Waals surface area contributed by atoms with Gasteiger partial charge in [-0.15, -0.1) is 0 Å². The van der Waals surface area contributed by atoms with E-state index < -0.39 is 0 Å². The Kier molecular flexibility index (Phi) is 4.00. The Balaban J connectivity index is 1.74. The minimum absolute atomic E-state index is 0.00578. The number of ether oxygens (including phenoxy) is 1. The number of hydrogen-bond donors (Lipinski definition) is 1. The van der Waals surface area contributed by atoms with E-state index in [1.54, 1.807) is 0 Å². The second-order valence-electron chi connectivity index (χ2n) is 7.45. The topological polar surface area (TPSA) is 60.7 Å². The Bertz CT molecular complexity index is 1060. The van der Waals surface area contributed by atoms with Crippen LogP contribution in [0.25, 0.3) is 11.0 Å². The number of oxime groups is 1. The van der Waals surface area contributed by atoms with E-state index in [0.717, 1.165) is 40.6 Å². The van der Waals surface area contributed by atoms with E-state index in [1.807, 2.05) is 13.0 Å². The molecule has 2 aliphatic heterocycles. The average Bonchev–Trinajstić information content (AvgIpc) is 3.25. The molecule has 0 saturated carbocycles. The molecule has 1 N–H and O–H groups in total. The van der Waals surface area contributed by atoms with Crippen LogP contribution in [0.1, 0.15) is 43.9 Å². The van der Waals surface area contributed by atoms with E-state index in [4.69, 9.17) is 14.6 Å². The van der Waals surface area contributed by atoms with Crippen LogP contribution < -0.4 is 10.1 Å². The summed E-state index contributed by atoms with van der Waals surface area (Å²) in [7, 11) is 0. The van der Waals surface area contributed by atoms with Crippen LogP contribution in [0.3, 0.4) is 0 Å². The third-order valence-electron chi connectivity index (χ3n) is 5.67. The summed E-state index contributed by atoms with van der Waals surface area (Å²) >= 11 is 0. The van der Waals surface area contributed by atoms with Gasteiger partial charge in [0.25, 0.3) is 0 Å². The van der Waals surface area contributed by atoms with Gasteiger partial charge < -0.3 is 14.9 Å². The van der Waals surface area contributed by atoms with Crippen LogP contribution >= 0.6 is 0 Å². The summed E-state index contributed by atoms with van der Waals surface area (Å²) in [5.74, 6) is 1.88. The third kappa shape index (κ3) is 2.47. The fourth-order valence-corrected chi connectivity index (χ4v) is 4.41. The van der Waals surface area contributed by atoms with Crippen molar-refractivity contribution in [3.63, 3.8) is 0 Å². The standard InChI is InChI=1S/C22H24N4O2/c1-4-23-22-24-17-11-10-16(19-13(2)25-28-14(19)3)21-20(17)26(22)18(12-27-21)15-8-6-5-7-9-15/h5-11,14,18-19H,4,12H2,1-3H3,(H,23,24). The first-order chi connectivity index (χ1) is 13.7. The largest absolute Gasteiger partial charge is 0.488 e. The fraction of sp³-hybridized carbons (Fsp3) is 0.364. The highest BCUT2D eigenvalue weighted by Gasteiger charge is 2.36. The van der Waals surface area contributed by atoms with Crippen molar-refractivity contribution >= 4 is 22.7 Å². The zero-order chi connectivity index (χ0) is 19.3. The molecule has 0 fully saturated rings. The van der Waals surface area contributed by atoms with E-state index in [1.165, 1.54) is 5.56 Å². The van der Waals surface area contributed by atoms with Gasteiger partial charge >= 0.3 is 0 Å². The molecule has 0 amide bonds. The van der Waals surface area contributed by atoms with Gasteiger partial charge in [-0.3, -0.25) is 4.57 Å². The normalized spacial score (nSPS) is 23.2. The van der Waals surface area contributed by atoms with Gasteiger partial charge in [-0.05, 0) is 32.4 Å². The van der Waals surface area contributed by atoms with Gasteiger partial charge in [0.2, 0.25) is 5.95 Å². The molecule has 0 spiro atoms. The van der Waals surface area contributed by atoms with Crippen molar-refractivity contribution in [2.75, 3.05) is 18.5 Å². The number of anilines is 1. The Morgan fingerprint density at radius 2 is 2.00 bits per heavy atom. The van der Waals surface area contributed by atoms with Crippen LogP contribution in [0.2, 0.25) is 0 Å². The first-order valence-corrected chi connectivity index (χ1v) is 9.85. The van der Waals surface area contributed by atoms with Crippen LogP contribution in [-0.4, -0.2) is 34.5 Å². The molecular formula is C22H24N4O2. The van der Waals surface area contributed by atoms with E-state index in [2.05, 4.69) is 65.3 Å². The molecule has 6 heteroatoms. The van der Waals surface area contributed by atoms with Crippen molar-refractivity contribution in [3.05, 3.63) is 53.6 Å². The number of nitrogens with zero attached hydrogens (tertiary/aromatic N) is 3. The van der Waals surface area contributed by atoms with Crippen LogP contribution in [0.5, 0.6) is 5.75 Å². The lowest BCUT2D eigenvalue weighted by molar-refractivity contribution is 0.0897. The van der Waals surface area contributed by atoms with Gasteiger partial charge in [-0.2, -0.15) is 0 Å². The monoisotopic (exact) mass is 376 g/mol. The van der Waals surface area contributed by atoms with Crippen LogP contribution in [0.15, 0.2) is 47.6 Å². The number of rotatable bonds is 4. The summed E-state index contributed by atoms with van der Waals surface area (Å²) in [5.41, 5.74) is 5.30. The predicted octanol–water partition coefficient (Wildman–Crippen LogP) is 4.33. The van der Waals surface area contributed by atoms with Crippen molar-refractivity contribution in [2.24, 2.45) is 5.16 Å². The number of nitrogens with one attached hydrogen (secondary N) is 1. The van der Waals surface area contributed by atoms with Crippen molar-refractivity contribution in [3.8, 4) is 5.75 Å². The molecule has 0 aliphatic carbocycles. The fourth-order valence-electron chi connectivity index (χ4n) is 4.41. The lowest BCUT2D eigenvalue weighted by atomic mass is 9.89. The van der Waals surface area contributed by atoms with Crippen LogP contribution in [-0.2, 0) is 4.84 Å². The lowest BCUT2D eigenvalue weighted by Crippen LogP contribution is -2.26. The smallest absolute Gasteiger partial charge is 0.204 e. The van der Waals surface area contributed by atoms with Crippen molar-refractivity contribution in [2.45, 2.75) is 38.8 Å². The SMILES string of the molecule is CCNc1nc2ccc(C3C(C)=NOC3C)c3c2n1C(c1ccccc1)CO3. The summed E-state index contributed by atoms with van der Waals surface area (Å²) in [6.45, 7) is 7.54. The molecule has 0 saturated heterocycles. The zero-order valence-electron chi connectivity index (χ0n) is 16.3. The van der Waals surface area contributed by atoms with E-state index in [9.17, 15) is 0 Å². The molecule has 0 bridgehead atoms. The molecule has 2 aliphatic rings. The van der Waals surface area contributed by atoms with Crippen LogP contribution in [0, 0.1) is 0 Å². The molecule has 144 valence electrons. The van der Waals surface area contributed by atoms with Gasteiger partial charge in [-0.1, -0.05) is 41.6 Å². The van der Waals surface area contributed by atoms with Gasteiger partial charge in [0.05, 0.1) is 23.2 Å². The zero-order valence-corrected chi connectivity index (χ0v) is 16.3. The number of hydrogen-bond acceptors (Lipinski definition) is 5. The summed E-state index contributed by atoms with van der Waals surface area (Å²) in [4.78, 5) is 10.4. The van der Waals surface area contributed by atoms with Crippen LogP contribution in [0.4, 0.5) is 5.95 Å². The quantitative estimate of drug-likeness (QED) is 0.736. The Hall–Kier alpha value is -3.02. The van der Waals surface area contributed by atoms with Gasteiger partial charge in [0.1, 0.15) is 24.0 Å². The Morgan fingerprint density at radius 3 is 2.71 bits per heavy atom. The second-order valence-corrected chi connectivity index (χ2v) is 7.45. The maximum atomic E-state index is 6.40. The second kappa shape index (κ2) is 6.55. The van der Waals surface area contributed by atoms with Gasteiger partial charge in [0, 0.05) is 12.1 Å². The molecule has 0 radical (unpaired) electrons. The van der Waals surface area contributed by atoms with Crippen molar-refractivity contribution in [1.82, 2.24) is 9.55 Å². The van der Waals surface area contributed by atoms with Gasteiger partial charge in [0.15, 0.2) is 0 Å². The molecule has 3 heterocycles. The Morgan fingerprint density at radius 1 is 1.18 bits per heavy atom. The summed E-state index contributed by atoms with van der Waals surface area (Å²) in [5, 5.41) is 7.63. The highest BCUT2D eigenvalue weighted by molar-refractivity contribution is 5.94. The lowest BCUT2D eigenvalue weighted by Gasteiger charge is -2.30. The van der Waals surface area contributed by atoms with Crippen molar-refractivity contribution in [1.29, 1.82) is 0 Å². The molecule has 6 nitrogen and oxygen atoms in total. The number of imidazole rings is 1. The maximum absolute atomic E-state index is 6.40. The molecule has 2 aromatic carbocycles. The van der Waals surface area contributed by atoms with Gasteiger partial charge in [-0.25, -0.2) is 4.98 Å². The summed E-state index contributed by atoms with van der Waals surface area (Å²) < 4.78 is 8.69. The predicted molar refractivity (Wildman–Crippen MR) is 110 cm³/mol. The summed E-state index contributed by atoms with van der Waals surface area (Å²) in [6.07, 6.45) is -0.00578. The molecule has 1 aromatic heterocycles. The minimum atomic E-state index is -0.00578. The molecule has 3 unspecified atom stereocenters. The van der Waals surface area contributed by atoms with E-state index >= 15 is 0 Å². The highest BCUT2D eigenvalue weighted by atomic mass is 16.6. The van der Waals surface area contributed by atoms with Crippen molar-refractivity contribution < 1.29 is 9.57 Å². The summed E-state index contributed by atoms with van der Waals surface area (Å²) in [6, 6.07) is 14.7. The average molecular weight is 376 g/mol. The first kappa shape index (κ1) is 17.1. The maximum Gasteiger partial charge on any atom is 0.204 e.